The molecule has 21 heavy (non-hydrogen) atoms. The van der Waals surface area contributed by atoms with Gasteiger partial charge in [-0.05, 0) is 50.5 Å². The second kappa shape index (κ2) is 9.15. The molecule has 2 heteroatoms. The third-order valence-corrected chi connectivity index (χ3v) is 5.79. The maximum absolute atomic E-state index is 6.35. The molecule has 0 aromatic heterocycles. The van der Waals surface area contributed by atoms with Crippen molar-refractivity contribution in [2.75, 3.05) is 13.1 Å². The average molecular weight is 297 g/mol. The molecule has 1 rings (SSSR count). The van der Waals surface area contributed by atoms with E-state index in [0.717, 1.165) is 24.4 Å². The molecule has 0 spiro atoms. The second-order valence-electron chi connectivity index (χ2n) is 7.81. The van der Waals surface area contributed by atoms with Crippen LogP contribution in [0, 0.1) is 11.8 Å². The van der Waals surface area contributed by atoms with E-state index in [1.165, 1.54) is 57.9 Å². The van der Waals surface area contributed by atoms with Gasteiger partial charge in [-0.25, -0.2) is 0 Å². The molecule has 0 radical (unpaired) electrons. The molecule has 2 nitrogen and oxygen atoms in total. The Morgan fingerprint density at radius 3 is 2.19 bits per heavy atom. The number of hydrogen-bond donors (Lipinski definition) is 1. The van der Waals surface area contributed by atoms with Gasteiger partial charge in [0.05, 0.1) is 0 Å². The molecule has 2 N–H and O–H groups in total. The Kier molecular flexibility index (Phi) is 8.26. The molecule has 126 valence electrons. The van der Waals surface area contributed by atoms with Crippen molar-refractivity contribution in [1.29, 1.82) is 0 Å². The first-order valence-corrected chi connectivity index (χ1v) is 9.45. The normalized spacial score (nSPS) is 21.1. The van der Waals surface area contributed by atoms with Crippen molar-refractivity contribution in [2.45, 2.75) is 97.6 Å². The van der Waals surface area contributed by atoms with E-state index in [9.17, 15) is 0 Å². The van der Waals surface area contributed by atoms with E-state index >= 15 is 0 Å². The molecule has 1 fully saturated rings. The highest BCUT2D eigenvalue weighted by atomic mass is 15.2. The van der Waals surface area contributed by atoms with Crippen LogP contribution in [0.3, 0.4) is 0 Å². The van der Waals surface area contributed by atoms with Gasteiger partial charge in [-0.3, -0.25) is 4.90 Å². The predicted octanol–water partition coefficient (Wildman–Crippen LogP) is 4.82. The highest BCUT2D eigenvalue weighted by Crippen LogP contribution is 2.35. The quantitative estimate of drug-likeness (QED) is 0.626. The van der Waals surface area contributed by atoms with Gasteiger partial charge in [0.2, 0.25) is 0 Å². The van der Waals surface area contributed by atoms with E-state index in [1.807, 2.05) is 0 Å². The summed E-state index contributed by atoms with van der Waals surface area (Å²) in [5, 5.41) is 0. The molecule has 0 amide bonds. The molecule has 1 saturated carbocycles. The number of nitrogens with two attached hydrogens (primary N) is 1. The summed E-state index contributed by atoms with van der Waals surface area (Å²) in [7, 11) is 0. The van der Waals surface area contributed by atoms with E-state index in [4.69, 9.17) is 5.73 Å². The minimum Gasteiger partial charge on any atom is -0.329 e. The standard InChI is InChI=1S/C19H40N2/c1-6-17(5)14-19(7-2,15-20)21(13-12-16(3)4)18-10-8-9-11-18/h16-18H,6-15,20H2,1-5H3. The lowest BCUT2D eigenvalue weighted by Gasteiger charge is -2.48. The van der Waals surface area contributed by atoms with Crippen LogP contribution in [0.2, 0.25) is 0 Å². The van der Waals surface area contributed by atoms with Crippen molar-refractivity contribution < 1.29 is 0 Å². The van der Waals surface area contributed by atoms with Crippen molar-refractivity contribution in [3.8, 4) is 0 Å². The number of hydrogen-bond acceptors (Lipinski definition) is 2. The number of rotatable bonds is 10. The summed E-state index contributed by atoms with van der Waals surface area (Å²) in [4.78, 5) is 2.85. The zero-order valence-electron chi connectivity index (χ0n) is 15.3. The van der Waals surface area contributed by atoms with Crippen LogP contribution in [-0.2, 0) is 0 Å². The molecular weight excluding hydrogens is 256 g/mol. The Morgan fingerprint density at radius 1 is 1.14 bits per heavy atom. The first-order chi connectivity index (χ1) is 9.99. The van der Waals surface area contributed by atoms with Crippen LogP contribution in [0.5, 0.6) is 0 Å². The first kappa shape index (κ1) is 19.0. The third-order valence-electron chi connectivity index (χ3n) is 5.79. The van der Waals surface area contributed by atoms with Crippen molar-refractivity contribution in [1.82, 2.24) is 4.90 Å². The smallest absolute Gasteiger partial charge is 0.0334 e. The van der Waals surface area contributed by atoms with Crippen LogP contribution in [0.4, 0.5) is 0 Å². The fraction of sp³-hybridized carbons (Fsp3) is 1.00. The number of nitrogens with zero attached hydrogens (tertiary/aromatic N) is 1. The van der Waals surface area contributed by atoms with E-state index in [2.05, 4.69) is 39.5 Å². The molecule has 0 bridgehead atoms. The molecule has 1 aliphatic rings. The maximum atomic E-state index is 6.35. The lowest BCUT2D eigenvalue weighted by molar-refractivity contribution is 0.0233. The van der Waals surface area contributed by atoms with Gasteiger partial charge in [0, 0.05) is 18.1 Å². The van der Waals surface area contributed by atoms with Gasteiger partial charge in [0.1, 0.15) is 0 Å². The van der Waals surface area contributed by atoms with Crippen LogP contribution in [-0.4, -0.2) is 29.6 Å². The predicted molar refractivity (Wildman–Crippen MR) is 94.6 cm³/mol. The Hall–Kier alpha value is -0.0800. The summed E-state index contributed by atoms with van der Waals surface area (Å²) in [5.41, 5.74) is 6.59. The minimum absolute atomic E-state index is 0.235. The summed E-state index contributed by atoms with van der Waals surface area (Å²) < 4.78 is 0. The summed E-state index contributed by atoms with van der Waals surface area (Å²) in [6.07, 6.45) is 10.6. The lowest BCUT2D eigenvalue weighted by Crippen LogP contribution is -2.58. The molecule has 0 saturated heterocycles. The van der Waals surface area contributed by atoms with Crippen LogP contribution in [0.1, 0.15) is 86.0 Å². The largest absolute Gasteiger partial charge is 0.329 e. The summed E-state index contributed by atoms with van der Waals surface area (Å²) in [6, 6.07) is 0.788. The topological polar surface area (TPSA) is 29.3 Å². The molecule has 2 unspecified atom stereocenters. The summed E-state index contributed by atoms with van der Waals surface area (Å²) >= 11 is 0. The average Bonchev–Trinajstić information content (AvgIpc) is 2.99. The van der Waals surface area contributed by atoms with E-state index < -0.39 is 0 Å². The van der Waals surface area contributed by atoms with Crippen LogP contribution >= 0.6 is 0 Å². The van der Waals surface area contributed by atoms with Gasteiger partial charge in [-0.15, -0.1) is 0 Å². The zero-order valence-corrected chi connectivity index (χ0v) is 15.3. The molecule has 0 aromatic rings. The van der Waals surface area contributed by atoms with Crippen molar-refractivity contribution in [3.05, 3.63) is 0 Å². The van der Waals surface area contributed by atoms with E-state index in [-0.39, 0.29) is 5.54 Å². The van der Waals surface area contributed by atoms with E-state index in [0.29, 0.717) is 0 Å². The van der Waals surface area contributed by atoms with Gasteiger partial charge >= 0.3 is 0 Å². The Morgan fingerprint density at radius 2 is 1.76 bits per heavy atom. The SMILES string of the molecule is CCC(C)CC(CC)(CN)N(CCC(C)C)C1CCCC1. The van der Waals surface area contributed by atoms with Crippen molar-refractivity contribution in [2.24, 2.45) is 17.6 Å². The molecule has 1 aliphatic carbocycles. The fourth-order valence-electron chi connectivity index (χ4n) is 4.02. The van der Waals surface area contributed by atoms with Gasteiger partial charge in [-0.2, -0.15) is 0 Å². The molecule has 2 atom stereocenters. The van der Waals surface area contributed by atoms with Crippen molar-refractivity contribution in [3.63, 3.8) is 0 Å². The van der Waals surface area contributed by atoms with Gasteiger partial charge < -0.3 is 5.73 Å². The third kappa shape index (κ3) is 5.25. The van der Waals surface area contributed by atoms with Crippen LogP contribution in [0.15, 0.2) is 0 Å². The summed E-state index contributed by atoms with van der Waals surface area (Å²) in [5.74, 6) is 1.56. The highest BCUT2D eigenvalue weighted by Gasteiger charge is 2.39. The monoisotopic (exact) mass is 296 g/mol. The van der Waals surface area contributed by atoms with Crippen LogP contribution < -0.4 is 5.73 Å². The van der Waals surface area contributed by atoms with E-state index in [1.54, 1.807) is 0 Å². The second-order valence-corrected chi connectivity index (χ2v) is 7.81. The van der Waals surface area contributed by atoms with Crippen LogP contribution in [0.25, 0.3) is 0 Å². The first-order valence-electron chi connectivity index (χ1n) is 9.45. The maximum Gasteiger partial charge on any atom is 0.0334 e. The Labute approximate surface area is 133 Å². The molecular formula is C19H40N2. The van der Waals surface area contributed by atoms with Gasteiger partial charge in [0.25, 0.3) is 0 Å². The highest BCUT2D eigenvalue weighted by molar-refractivity contribution is 4.96. The Balaban J connectivity index is 2.91. The fourth-order valence-corrected chi connectivity index (χ4v) is 4.02. The zero-order chi connectivity index (χ0) is 15.9. The summed E-state index contributed by atoms with van der Waals surface area (Å²) in [6.45, 7) is 13.8. The Bertz CT molecular complexity index is 265. The molecule has 0 aromatic carbocycles. The minimum atomic E-state index is 0.235. The molecule has 0 heterocycles. The van der Waals surface area contributed by atoms with Gasteiger partial charge in [-0.1, -0.05) is 53.9 Å². The lowest BCUT2D eigenvalue weighted by atomic mass is 9.81. The van der Waals surface area contributed by atoms with Gasteiger partial charge in [0.15, 0.2) is 0 Å². The van der Waals surface area contributed by atoms with Crippen molar-refractivity contribution >= 4 is 0 Å². The molecule has 0 aliphatic heterocycles.